The van der Waals surface area contributed by atoms with Crippen LogP contribution in [0.5, 0.6) is 5.75 Å². The first-order chi connectivity index (χ1) is 14.7. The van der Waals surface area contributed by atoms with Gasteiger partial charge >= 0.3 is 0 Å². The largest absolute Gasteiger partial charge is 0.494 e. The van der Waals surface area contributed by atoms with Crippen LogP contribution in [0.3, 0.4) is 0 Å². The number of rotatable bonds is 8. The van der Waals surface area contributed by atoms with Crippen molar-refractivity contribution >= 4 is 23.0 Å². The van der Waals surface area contributed by atoms with E-state index in [1.165, 1.54) is 0 Å². The van der Waals surface area contributed by atoms with Crippen molar-refractivity contribution in [2.24, 2.45) is 5.10 Å². The topological polar surface area (TPSA) is 90.5 Å². The number of amides is 1. The van der Waals surface area contributed by atoms with Crippen molar-refractivity contribution in [3.63, 3.8) is 0 Å². The quantitative estimate of drug-likeness (QED) is 0.263. The minimum atomic E-state index is -0.351. The van der Waals surface area contributed by atoms with Gasteiger partial charge in [-0.1, -0.05) is 43.7 Å². The molecular weight excluding hydrogens is 378 g/mol. The van der Waals surface area contributed by atoms with Gasteiger partial charge in [0.1, 0.15) is 11.8 Å². The first-order valence-corrected chi connectivity index (χ1v) is 10.4. The molecule has 30 heavy (non-hydrogen) atoms. The van der Waals surface area contributed by atoms with Crippen molar-refractivity contribution in [3.8, 4) is 5.75 Å². The van der Waals surface area contributed by atoms with E-state index >= 15 is 0 Å². The SMILES string of the molecule is CCCCOc1ccc(C2CC(C(=O)N/N=C/c3c[nH]c4ccccc34)NN2)cc1. The number of benzene rings is 2. The number of hydrogen-bond acceptors (Lipinski definition) is 5. The average Bonchev–Trinajstić information content (AvgIpc) is 3.42. The number of aromatic nitrogens is 1. The lowest BCUT2D eigenvalue weighted by Crippen LogP contribution is -2.41. The van der Waals surface area contributed by atoms with Crippen molar-refractivity contribution in [2.45, 2.75) is 38.3 Å². The summed E-state index contributed by atoms with van der Waals surface area (Å²) in [5.74, 6) is 0.708. The minimum Gasteiger partial charge on any atom is -0.494 e. The number of aromatic amines is 1. The molecular formula is C23H27N5O2. The molecule has 2 aromatic carbocycles. The van der Waals surface area contributed by atoms with Crippen LogP contribution in [0.1, 0.15) is 43.4 Å². The summed E-state index contributed by atoms with van der Waals surface area (Å²) in [6, 6.07) is 15.7. The number of carbonyl (C=O) groups is 1. The lowest BCUT2D eigenvalue weighted by Gasteiger charge is -2.11. The van der Waals surface area contributed by atoms with Crippen LogP contribution >= 0.6 is 0 Å². The number of ether oxygens (including phenoxy) is 1. The number of hydrazone groups is 1. The predicted octanol–water partition coefficient (Wildman–Crippen LogP) is 3.40. The van der Waals surface area contributed by atoms with Gasteiger partial charge in [0, 0.05) is 28.7 Å². The zero-order valence-corrected chi connectivity index (χ0v) is 17.0. The second-order valence-electron chi connectivity index (χ2n) is 7.42. The van der Waals surface area contributed by atoms with E-state index in [4.69, 9.17) is 4.74 Å². The predicted molar refractivity (Wildman–Crippen MR) is 118 cm³/mol. The average molecular weight is 406 g/mol. The van der Waals surface area contributed by atoms with Crippen LogP contribution in [-0.4, -0.2) is 29.8 Å². The van der Waals surface area contributed by atoms with Crippen molar-refractivity contribution in [1.82, 2.24) is 21.3 Å². The molecule has 7 nitrogen and oxygen atoms in total. The molecule has 0 bridgehead atoms. The molecule has 1 saturated heterocycles. The summed E-state index contributed by atoms with van der Waals surface area (Å²) in [5, 5.41) is 5.19. The fraction of sp³-hybridized carbons (Fsp3) is 0.304. The molecule has 3 aromatic rings. The first kappa shape index (κ1) is 20.1. The third kappa shape index (κ3) is 4.69. The Bertz CT molecular complexity index is 1010. The molecule has 4 rings (SSSR count). The summed E-state index contributed by atoms with van der Waals surface area (Å²) in [5.41, 5.74) is 12.0. The Morgan fingerprint density at radius 1 is 1.20 bits per heavy atom. The maximum Gasteiger partial charge on any atom is 0.258 e. The summed E-state index contributed by atoms with van der Waals surface area (Å²) in [4.78, 5) is 15.6. The number of nitrogens with one attached hydrogen (secondary N) is 4. The third-order valence-corrected chi connectivity index (χ3v) is 5.27. The molecule has 1 amide bonds. The molecule has 0 spiro atoms. The lowest BCUT2D eigenvalue weighted by atomic mass is 10.0. The second kappa shape index (κ2) is 9.56. The van der Waals surface area contributed by atoms with E-state index in [1.54, 1.807) is 6.21 Å². The number of carbonyl (C=O) groups excluding carboxylic acids is 1. The molecule has 2 atom stereocenters. The molecule has 2 heterocycles. The van der Waals surface area contributed by atoms with Crippen LogP contribution in [-0.2, 0) is 4.79 Å². The summed E-state index contributed by atoms with van der Waals surface area (Å²) in [6.07, 6.45) is 6.35. The van der Waals surface area contributed by atoms with E-state index in [9.17, 15) is 4.79 Å². The Hall–Kier alpha value is -3.16. The minimum absolute atomic E-state index is 0.0584. The molecule has 0 radical (unpaired) electrons. The molecule has 156 valence electrons. The molecule has 0 saturated carbocycles. The van der Waals surface area contributed by atoms with Crippen molar-refractivity contribution in [3.05, 3.63) is 65.9 Å². The van der Waals surface area contributed by atoms with Gasteiger partial charge in [-0.15, -0.1) is 0 Å². The van der Waals surface area contributed by atoms with Crippen molar-refractivity contribution in [2.75, 3.05) is 6.61 Å². The standard InChI is InChI=1S/C23H27N5O2/c1-2-3-12-30-18-10-8-16(9-11-18)21-13-22(27-26-21)23(29)28-25-15-17-14-24-20-7-5-4-6-19(17)20/h4-11,14-15,21-22,24,26-27H,2-3,12-13H2,1H3,(H,28,29)/b25-15+. The maximum atomic E-state index is 12.5. The Kier molecular flexibility index (Phi) is 6.41. The summed E-state index contributed by atoms with van der Waals surface area (Å²) >= 11 is 0. The van der Waals surface area contributed by atoms with Crippen LogP contribution in [0.2, 0.25) is 0 Å². The maximum absolute atomic E-state index is 12.5. The Morgan fingerprint density at radius 2 is 2.03 bits per heavy atom. The smallest absolute Gasteiger partial charge is 0.258 e. The van der Waals surface area contributed by atoms with E-state index < -0.39 is 0 Å². The molecule has 1 aromatic heterocycles. The number of H-pyrrole nitrogens is 1. The van der Waals surface area contributed by atoms with E-state index in [2.05, 4.69) is 33.3 Å². The highest BCUT2D eigenvalue weighted by molar-refractivity contribution is 5.99. The fourth-order valence-electron chi connectivity index (χ4n) is 3.52. The molecule has 0 aliphatic carbocycles. The van der Waals surface area contributed by atoms with Gasteiger partial charge < -0.3 is 9.72 Å². The van der Waals surface area contributed by atoms with Crippen LogP contribution < -0.4 is 21.0 Å². The van der Waals surface area contributed by atoms with Gasteiger partial charge in [0.2, 0.25) is 0 Å². The summed E-state index contributed by atoms with van der Waals surface area (Å²) in [6.45, 7) is 2.88. The van der Waals surface area contributed by atoms with E-state index in [-0.39, 0.29) is 18.0 Å². The molecule has 4 N–H and O–H groups in total. The highest BCUT2D eigenvalue weighted by Gasteiger charge is 2.30. The second-order valence-corrected chi connectivity index (χ2v) is 7.42. The fourth-order valence-corrected chi connectivity index (χ4v) is 3.52. The van der Waals surface area contributed by atoms with Gasteiger partial charge in [0.25, 0.3) is 5.91 Å². The third-order valence-electron chi connectivity index (χ3n) is 5.27. The summed E-state index contributed by atoms with van der Waals surface area (Å²) < 4.78 is 5.71. The van der Waals surface area contributed by atoms with Gasteiger partial charge in [0.05, 0.1) is 12.8 Å². The van der Waals surface area contributed by atoms with Gasteiger partial charge in [-0.2, -0.15) is 5.10 Å². The number of unbranched alkanes of at least 4 members (excludes halogenated alkanes) is 1. The Labute approximate surface area is 175 Å². The Balaban J connectivity index is 1.29. The number of para-hydroxylation sites is 1. The van der Waals surface area contributed by atoms with Crippen LogP contribution in [0.4, 0.5) is 0 Å². The van der Waals surface area contributed by atoms with Crippen LogP contribution in [0.25, 0.3) is 10.9 Å². The zero-order chi connectivity index (χ0) is 20.8. The van der Waals surface area contributed by atoms with E-state index in [0.717, 1.165) is 47.2 Å². The summed E-state index contributed by atoms with van der Waals surface area (Å²) in [7, 11) is 0. The normalized spacial score (nSPS) is 18.8. The molecule has 1 fully saturated rings. The van der Waals surface area contributed by atoms with Crippen molar-refractivity contribution in [1.29, 1.82) is 0 Å². The molecule has 2 unspecified atom stereocenters. The van der Waals surface area contributed by atoms with Gasteiger partial charge in [-0.3, -0.25) is 4.79 Å². The van der Waals surface area contributed by atoms with Gasteiger partial charge in [-0.25, -0.2) is 16.3 Å². The molecule has 7 heteroatoms. The van der Waals surface area contributed by atoms with Crippen LogP contribution in [0.15, 0.2) is 59.8 Å². The number of fused-ring (bicyclic) bond motifs is 1. The molecule has 1 aliphatic rings. The zero-order valence-electron chi connectivity index (χ0n) is 17.0. The lowest BCUT2D eigenvalue weighted by molar-refractivity contribution is -0.122. The van der Waals surface area contributed by atoms with Crippen molar-refractivity contribution < 1.29 is 9.53 Å². The number of nitrogens with zero attached hydrogens (tertiary/aromatic N) is 1. The monoisotopic (exact) mass is 405 g/mol. The highest BCUT2D eigenvalue weighted by atomic mass is 16.5. The first-order valence-electron chi connectivity index (χ1n) is 10.4. The van der Waals surface area contributed by atoms with E-state index in [1.807, 2.05) is 54.7 Å². The van der Waals surface area contributed by atoms with E-state index in [0.29, 0.717) is 6.42 Å². The van der Waals surface area contributed by atoms with Crippen LogP contribution in [0, 0.1) is 0 Å². The highest BCUT2D eigenvalue weighted by Crippen LogP contribution is 2.24. The van der Waals surface area contributed by atoms with Gasteiger partial charge in [0.15, 0.2) is 0 Å². The Morgan fingerprint density at radius 3 is 2.87 bits per heavy atom. The molecule has 1 aliphatic heterocycles. The van der Waals surface area contributed by atoms with Gasteiger partial charge in [-0.05, 0) is 36.6 Å². The number of hydrogen-bond donors (Lipinski definition) is 4. The number of hydrazine groups is 1.